The first-order chi connectivity index (χ1) is 12.0. The Labute approximate surface area is 141 Å². The van der Waals surface area contributed by atoms with E-state index in [0.717, 1.165) is 10.6 Å². The summed E-state index contributed by atoms with van der Waals surface area (Å²) in [6.07, 6.45) is 1.12. The maximum absolute atomic E-state index is 13.8. The van der Waals surface area contributed by atoms with Crippen LogP contribution in [-0.2, 0) is 4.74 Å². The molecule has 0 saturated carbocycles. The lowest BCUT2D eigenvalue weighted by Gasteiger charge is -2.23. The molecular formula is C16H18F2N4O3. The molecule has 1 aromatic heterocycles. The van der Waals surface area contributed by atoms with Crippen LogP contribution in [0.5, 0.6) is 0 Å². The summed E-state index contributed by atoms with van der Waals surface area (Å²) in [5.74, 6) is -2.04. The van der Waals surface area contributed by atoms with E-state index in [2.05, 4.69) is 15.3 Å². The SMILES string of the molecule is C[C@H](Nc1nc(=O)n(C2CCOCC2)c(=O)[nH]1)c1cccc(F)c1F. The third kappa shape index (κ3) is 3.60. The molecule has 1 aliphatic heterocycles. The normalized spacial score (nSPS) is 16.6. The van der Waals surface area contributed by atoms with Gasteiger partial charge in [-0.3, -0.25) is 4.98 Å². The molecule has 1 saturated heterocycles. The second kappa shape index (κ2) is 7.14. The zero-order chi connectivity index (χ0) is 18.0. The van der Waals surface area contributed by atoms with Crippen molar-refractivity contribution in [3.05, 3.63) is 56.4 Å². The molecule has 0 bridgehead atoms. The fourth-order valence-corrected chi connectivity index (χ4v) is 2.90. The van der Waals surface area contributed by atoms with Crippen molar-refractivity contribution >= 4 is 5.95 Å². The molecule has 3 rings (SSSR count). The lowest BCUT2D eigenvalue weighted by molar-refractivity contribution is 0.0670. The highest BCUT2D eigenvalue weighted by Crippen LogP contribution is 2.21. The van der Waals surface area contributed by atoms with Gasteiger partial charge in [0.2, 0.25) is 5.95 Å². The average molecular weight is 352 g/mol. The van der Waals surface area contributed by atoms with Crippen LogP contribution in [0.25, 0.3) is 0 Å². The van der Waals surface area contributed by atoms with E-state index < -0.39 is 29.1 Å². The van der Waals surface area contributed by atoms with Gasteiger partial charge in [-0.2, -0.15) is 4.98 Å². The Morgan fingerprint density at radius 2 is 2.04 bits per heavy atom. The molecule has 7 nitrogen and oxygen atoms in total. The summed E-state index contributed by atoms with van der Waals surface area (Å²) >= 11 is 0. The molecule has 1 fully saturated rings. The molecule has 0 unspecified atom stereocenters. The molecule has 9 heteroatoms. The number of rotatable bonds is 4. The number of ether oxygens (including phenoxy) is 1. The molecule has 0 aliphatic carbocycles. The molecule has 2 heterocycles. The van der Waals surface area contributed by atoms with Crippen LogP contribution in [0.2, 0.25) is 0 Å². The molecule has 134 valence electrons. The van der Waals surface area contributed by atoms with Crippen LogP contribution in [0.4, 0.5) is 14.7 Å². The van der Waals surface area contributed by atoms with Crippen LogP contribution in [0.3, 0.4) is 0 Å². The molecule has 1 aromatic carbocycles. The number of hydrogen-bond donors (Lipinski definition) is 2. The zero-order valence-corrected chi connectivity index (χ0v) is 13.6. The first kappa shape index (κ1) is 17.3. The largest absolute Gasteiger partial charge is 0.381 e. The van der Waals surface area contributed by atoms with Gasteiger partial charge in [0.05, 0.1) is 6.04 Å². The highest BCUT2D eigenvalue weighted by atomic mass is 19.2. The Kier molecular flexibility index (Phi) is 4.93. The van der Waals surface area contributed by atoms with Gasteiger partial charge in [-0.15, -0.1) is 0 Å². The lowest BCUT2D eigenvalue weighted by Crippen LogP contribution is -2.42. The molecule has 2 aromatic rings. The van der Waals surface area contributed by atoms with Crippen LogP contribution < -0.4 is 16.7 Å². The second-order valence-corrected chi connectivity index (χ2v) is 5.90. The third-order valence-electron chi connectivity index (χ3n) is 4.21. The Hall–Kier alpha value is -2.55. The van der Waals surface area contributed by atoms with Gasteiger partial charge in [0.25, 0.3) is 0 Å². The van der Waals surface area contributed by atoms with Crippen LogP contribution in [0.1, 0.15) is 37.4 Å². The number of aromatic nitrogens is 3. The molecule has 0 spiro atoms. The van der Waals surface area contributed by atoms with Crippen LogP contribution in [-0.4, -0.2) is 27.7 Å². The molecule has 25 heavy (non-hydrogen) atoms. The number of halogens is 2. The van der Waals surface area contributed by atoms with Crippen molar-refractivity contribution in [2.45, 2.75) is 31.8 Å². The van der Waals surface area contributed by atoms with Crippen LogP contribution in [0.15, 0.2) is 27.8 Å². The smallest absolute Gasteiger partial charge is 0.355 e. The maximum atomic E-state index is 13.8. The number of nitrogens with one attached hydrogen (secondary N) is 2. The predicted octanol–water partition coefficient (Wildman–Crippen LogP) is 1.73. The summed E-state index contributed by atoms with van der Waals surface area (Å²) in [6, 6.07) is 2.85. The highest BCUT2D eigenvalue weighted by molar-refractivity contribution is 5.31. The van der Waals surface area contributed by atoms with Crippen LogP contribution >= 0.6 is 0 Å². The summed E-state index contributed by atoms with van der Waals surface area (Å²) in [7, 11) is 0. The fourth-order valence-electron chi connectivity index (χ4n) is 2.90. The molecular weight excluding hydrogens is 334 g/mol. The van der Waals surface area contributed by atoms with Crippen molar-refractivity contribution in [3.63, 3.8) is 0 Å². The van der Waals surface area contributed by atoms with Crippen molar-refractivity contribution in [2.24, 2.45) is 0 Å². The average Bonchev–Trinajstić information content (AvgIpc) is 2.57. The maximum Gasteiger partial charge on any atom is 0.355 e. The minimum absolute atomic E-state index is 0.0660. The van der Waals surface area contributed by atoms with Gasteiger partial charge in [0, 0.05) is 24.8 Å². The zero-order valence-electron chi connectivity index (χ0n) is 13.6. The minimum atomic E-state index is -0.986. The van der Waals surface area contributed by atoms with Crippen LogP contribution in [0, 0.1) is 11.6 Å². The molecule has 0 radical (unpaired) electrons. The summed E-state index contributed by atoms with van der Waals surface area (Å²) in [5.41, 5.74) is -1.22. The third-order valence-corrected chi connectivity index (χ3v) is 4.21. The molecule has 1 aliphatic rings. The Bertz CT molecular complexity index is 843. The number of aromatic amines is 1. The van der Waals surface area contributed by atoms with E-state index in [0.29, 0.717) is 26.1 Å². The summed E-state index contributed by atoms with van der Waals surface area (Å²) in [4.78, 5) is 30.8. The first-order valence-corrected chi connectivity index (χ1v) is 7.98. The predicted molar refractivity (Wildman–Crippen MR) is 86.6 cm³/mol. The van der Waals surface area contributed by atoms with E-state index in [9.17, 15) is 18.4 Å². The van der Waals surface area contributed by atoms with Gasteiger partial charge < -0.3 is 10.1 Å². The Morgan fingerprint density at radius 3 is 2.72 bits per heavy atom. The van der Waals surface area contributed by atoms with Crippen molar-refractivity contribution < 1.29 is 13.5 Å². The van der Waals surface area contributed by atoms with Crippen molar-refractivity contribution in [2.75, 3.05) is 18.5 Å². The van der Waals surface area contributed by atoms with Gasteiger partial charge in [-0.25, -0.2) is 22.9 Å². The Morgan fingerprint density at radius 1 is 1.32 bits per heavy atom. The lowest BCUT2D eigenvalue weighted by atomic mass is 10.1. The quantitative estimate of drug-likeness (QED) is 0.875. The number of nitrogens with zero attached hydrogens (tertiary/aromatic N) is 2. The number of benzene rings is 1. The first-order valence-electron chi connectivity index (χ1n) is 7.98. The van der Waals surface area contributed by atoms with Crippen molar-refractivity contribution in [1.82, 2.24) is 14.5 Å². The van der Waals surface area contributed by atoms with E-state index in [1.807, 2.05) is 0 Å². The second-order valence-electron chi connectivity index (χ2n) is 5.90. The van der Waals surface area contributed by atoms with Gasteiger partial charge >= 0.3 is 11.4 Å². The summed E-state index contributed by atoms with van der Waals surface area (Å²) in [5, 5.41) is 2.73. The van der Waals surface area contributed by atoms with E-state index in [-0.39, 0.29) is 17.6 Å². The standard InChI is InChI=1S/C16H18F2N4O3/c1-9(11-3-2-4-12(17)13(11)18)19-14-20-15(23)22(16(24)21-14)10-5-7-25-8-6-10/h2-4,9-10H,5-8H2,1H3,(H2,19,20,21,23,24)/t9-/m0/s1. The van der Waals surface area contributed by atoms with E-state index in [1.165, 1.54) is 12.1 Å². The van der Waals surface area contributed by atoms with Gasteiger partial charge in [0.15, 0.2) is 11.6 Å². The molecule has 0 amide bonds. The Balaban J connectivity index is 1.85. The topological polar surface area (TPSA) is 89.0 Å². The summed E-state index contributed by atoms with van der Waals surface area (Å²) < 4.78 is 33.5. The number of hydrogen-bond acceptors (Lipinski definition) is 5. The van der Waals surface area contributed by atoms with Gasteiger partial charge in [-0.05, 0) is 25.8 Å². The number of anilines is 1. The monoisotopic (exact) mass is 352 g/mol. The van der Waals surface area contributed by atoms with E-state index in [4.69, 9.17) is 4.74 Å². The molecule has 2 N–H and O–H groups in total. The summed E-state index contributed by atoms with van der Waals surface area (Å²) in [6.45, 7) is 2.53. The minimum Gasteiger partial charge on any atom is -0.381 e. The van der Waals surface area contributed by atoms with E-state index in [1.54, 1.807) is 6.92 Å². The highest BCUT2D eigenvalue weighted by Gasteiger charge is 2.21. The van der Waals surface area contributed by atoms with E-state index >= 15 is 0 Å². The number of H-pyrrole nitrogens is 1. The van der Waals surface area contributed by atoms with Crippen molar-refractivity contribution in [3.8, 4) is 0 Å². The molecule has 1 atom stereocenters. The van der Waals surface area contributed by atoms with Gasteiger partial charge in [-0.1, -0.05) is 12.1 Å². The fraction of sp³-hybridized carbons (Fsp3) is 0.438. The van der Waals surface area contributed by atoms with Crippen molar-refractivity contribution in [1.29, 1.82) is 0 Å². The van der Waals surface area contributed by atoms with Gasteiger partial charge in [0.1, 0.15) is 0 Å².